The lowest BCUT2D eigenvalue weighted by atomic mass is 10.0. The first-order valence-corrected chi connectivity index (χ1v) is 10.3. The zero-order valence-electron chi connectivity index (χ0n) is 15.3. The summed E-state index contributed by atoms with van der Waals surface area (Å²) in [5.41, 5.74) is 2.01. The van der Waals surface area contributed by atoms with Gasteiger partial charge in [0.1, 0.15) is 11.6 Å². The SMILES string of the molecule is COc1ccc(C2CCCN2C(=O)NC2CCSc3ccc(F)cc32)cc1. The molecule has 1 saturated heterocycles. The molecule has 2 aromatic rings. The summed E-state index contributed by atoms with van der Waals surface area (Å²) in [6.45, 7) is 0.736. The Morgan fingerprint density at radius 1 is 1.22 bits per heavy atom. The molecule has 2 aromatic carbocycles. The molecule has 0 aliphatic carbocycles. The van der Waals surface area contributed by atoms with Crippen molar-refractivity contribution >= 4 is 17.8 Å². The second kappa shape index (κ2) is 7.80. The van der Waals surface area contributed by atoms with Crippen LogP contribution < -0.4 is 10.1 Å². The number of nitrogens with one attached hydrogen (secondary N) is 1. The fraction of sp³-hybridized carbons (Fsp3) is 0.381. The molecule has 0 bridgehead atoms. The zero-order valence-corrected chi connectivity index (χ0v) is 16.1. The fourth-order valence-electron chi connectivity index (χ4n) is 3.93. The van der Waals surface area contributed by atoms with Crippen LogP contribution in [0.5, 0.6) is 5.75 Å². The first kappa shape index (κ1) is 18.2. The predicted molar refractivity (Wildman–Crippen MR) is 105 cm³/mol. The van der Waals surface area contributed by atoms with Crippen LogP contribution in [0.2, 0.25) is 0 Å². The summed E-state index contributed by atoms with van der Waals surface area (Å²) in [4.78, 5) is 16.0. The maximum atomic E-state index is 13.7. The van der Waals surface area contributed by atoms with Gasteiger partial charge in [-0.15, -0.1) is 11.8 Å². The Labute approximate surface area is 163 Å². The van der Waals surface area contributed by atoms with Gasteiger partial charge < -0.3 is 15.0 Å². The van der Waals surface area contributed by atoms with E-state index in [1.165, 1.54) is 6.07 Å². The number of benzene rings is 2. The van der Waals surface area contributed by atoms with Gasteiger partial charge in [-0.2, -0.15) is 0 Å². The summed E-state index contributed by atoms with van der Waals surface area (Å²) in [5, 5.41) is 3.15. The van der Waals surface area contributed by atoms with Gasteiger partial charge in [0.2, 0.25) is 0 Å². The number of nitrogens with zero attached hydrogens (tertiary/aromatic N) is 1. The molecule has 1 N–H and O–H groups in total. The van der Waals surface area contributed by atoms with Gasteiger partial charge in [0, 0.05) is 17.2 Å². The number of carbonyl (C=O) groups excluding carboxylic acids is 1. The van der Waals surface area contributed by atoms with Gasteiger partial charge in [-0.25, -0.2) is 9.18 Å². The number of hydrogen-bond acceptors (Lipinski definition) is 3. The van der Waals surface area contributed by atoms with Gasteiger partial charge in [0.05, 0.1) is 19.2 Å². The van der Waals surface area contributed by atoms with Crippen molar-refractivity contribution < 1.29 is 13.9 Å². The van der Waals surface area contributed by atoms with Crippen LogP contribution in [-0.4, -0.2) is 30.3 Å². The fourth-order valence-corrected chi connectivity index (χ4v) is 5.04. The first-order chi connectivity index (χ1) is 13.2. The Balaban J connectivity index is 1.50. The van der Waals surface area contributed by atoms with E-state index in [4.69, 9.17) is 4.74 Å². The second-order valence-electron chi connectivity index (χ2n) is 6.95. The Kier molecular flexibility index (Phi) is 5.25. The Morgan fingerprint density at radius 2 is 2.04 bits per heavy atom. The molecular weight excluding hydrogens is 363 g/mol. The Bertz CT molecular complexity index is 827. The zero-order chi connectivity index (χ0) is 18.8. The summed E-state index contributed by atoms with van der Waals surface area (Å²) < 4.78 is 18.9. The molecule has 2 amide bonds. The molecule has 2 aliphatic heterocycles. The van der Waals surface area contributed by atoms with Crippen LogP contribution >= 0.6 is 11.8 Å². The van der Waals surface area contributed by atoms with Crippen LogP contribution in [0.3, 0.4) is 0 Å². The van der Waals surface area contributed by atoms with Crippen LogP contribution in [0.25, 0.3) is 0 Å². The molecule has 27 heavy (non-hydrogen) atoms. The number of fused-ring (bicyclic) bond motifs is 1. The van der Waals surface area contributed by atoms with Crippen molar-refractivity contribution in [2.45, 2.75) is 36.2 Å². The third-order valence-electron chi connectivity index (χ3n) is 5.32. The average molecular weight is 386 g/mol. The van der Waals surface area contributed by atoms with Crippen molar-refractivity contribution in [3.8, 4) is 5.75 Å². The van der Waals surface area contributed by atoms with Crippen molar-refractivity contribution in [3.05, 3.63) is 59.4 Å². The summed E-state index contributed by atoms with van der Waals surface area (Å²) in [7, 11) is 1.65. The molecule has 0 radical (unpaired) electrons. The first-order valence-electron chi connectivity index (χ1n) is 9.29. The monoisotopic (exact) mass is 386 g/mol. The van der Waals surface area contributed by atoms with Crippen LogP contribution in [0.15, 0.2) is 47.4 Å². The number of urea groups is 1. The average Bonchev–Trinajstić information content (AvgIpc) is 3.18. The van der Waals surface area contributed by atoms with Gasteiger partial charge in [-0.3, -0.25) is 0 Å². The van der Waals surface area contributed by atoms with E-state index in [2.05, 4.69) is 5.32 Å². The number of halogens is 1. The minimum Gasteiger partial charge on any atom is -0.497 e. The molecule has 2 unspecified atom stereocenters. The number of ether oxygens (including phenoxy) is 1. The van der Waals surface area contributed by atoms with Gasteiger partial charge in [-0.05, 0) is 60.7 Å². The van der Waals surface area contributed by atoms with Gasteiger partial charge in [0.25, 0.3) is 0 Å². The van der Waals surface area contributed by atoms with Gasteiger partial charge in [-0.1, -0.05) is 12.1 Å². The Morgan fingerprint density at radius 3 is 2.81 bits per heavy atom. The van der Waals surface area contributed by atoms with E-state index in [-0.39, 0.29) is 23.9 Å². The molecule has 1 fully saturated rings. The summed E-state index contributed by atoms with van der Waals surface area (Å²) in [6, 6.07) is 12.6. The number of hydrogen-bond donors (Lipinski definition) is 1. The number of amides is 2. The van der Waals surface area contributed by atoms with Crippen molar-refractivity contribution in [2.75, 3.05) is 19.4 Å². The molecule has 4 rings (SSSR count). The minimum atomic E-state index is -0.257. The minimum absolute atomic E-state index is 0.0690. The molecule has 0 saturated carbocycles. The molecule has 4 nitrogen and oxygen atoms in total. The van der Waals surface area contributed by atoms with E-state index in [0.717, 1.165) is 53.3 Å². The van der Waals surface area contributed by atoms with E-state index in [9.17, 15) is 9.18 Å². The predicted octanol–water partition coefficient (Wildman–Crippen LogP) is 4.92. The van der Waals surface area contributed by atoms with E-state index in [1.807, 2.05) is 35.2 Å². The highest BCUT2D eigenvalue weighted by Gasteiger charge is 2.32. The van der Waals surface area contributed by atoms with E-state index in [1.54, 1.807) is 24.9 Å². The topological polar surface area (TPSA) is 41.6 Å². The number of thioether (sulfide) groups is 1. The number of rotatable bonds is 3. The molecule has 142 valence electrons. The van der Waals surface area contributed by atoms with Crippen molar-refractivity contribution in [2.24, 2.45) is 0 Å². The van der Waals surface area contributed by atoms with Crippen molar-refractivity contribution in [1.29, 1.82) is 0 Å². The van der Waals surface area contributed by atoms with Crippen LogP contribution in [0, 0.1) is 5.82 Å². The second-order valence-corrected chi connectivity index (χ2v) is 8.08. The summed E-state index contributed by atoms with van der Waals surface area (Å²) in [5.74, 6) is 1.48. The third-order valence-corrected chi connectivity index (χ3v) is 6.45. The van der Waals surface area contributed by atoms with Crippen LogP contribution in [0.4, 0.5) is 9.18 Å². The molecule has 2 atom stereocenters. The number of likely N-dealkylation sites (tertiary alicyclic amines) is 1. The van der Waals surface area contributed by atoms with Gasteiger partial charge >= 0.3 is 6.03 Å². The maximum absolute atomic E-state index is 13.7. The van der Waals surface area contributed by atoms with Crippen molar-refractivity contribution in [3.63, 3.8) is 0 Å². The highest BCUT2D eigenvalue weighted by molar-refractivity contribution is 7.99. The van der Waals surface area contributed by atoms with E-state index >= 15 is 0 Å². The smallest absolute Gasteiger partial charge is 0.318 e. The third kappa shape index (κ3) is 3.76. The summed E-state index contributed by atoms with van der Waals surface area (Å²) >= 11 is 1.72. The molecule has 2 aliphatic rings. The highest BCUT2D eigenvalue weighted by Crippen LogP contribution is 2.38. The lowest BCUT2D eigenvalue weighted by Gasteiger charge is -2.31. The normalized spacial score (nSPS) is 21.6. The molecule has 2 heterocycles. The standard InChI is InChI=1S/C21H23FN2O2S/c1-26-16-7-4-14(5-8-16)19-3-2-11-24(19)21(25)23-18-10-12-27-20-9-6-15(22)13-17(18)20/h4-9,13,18-19H,2-3,10-12H2,1H3,(H,23,25). The molecule has 0 spiro atoms. The highest BCUT2D eigenvalue weighted by atomic mass is 32.2. The maximum Gasteiger partial charge on any atom is 0.318 e. The lowest BCUT2D eigenvalue weighted by molar-refractivity contribution is 0.188. The molecular formula is C21H23FN2O2S. The van der Waals surface area contributed by atoms with E-state index < -0.39 is 0 Å². The van der Waals surface area contributed by atoms with Gasteiger partial charge in [0.15, 0.2) is 0 Å². The van der Waals surface area contributed by atoms with Crippen LogP contribution in [-0.2, 0) is 0 Å². The molecule has 6 heteroatoms. The number of carbonyl (C=O) groups is 1. The number of methoxy groups -OCH3 is 1. The largest absolute Gasteiger partial charge is 0.497 e. The van der Waals surface area contributed by atoms with Crippen molar-refractivity contribution in [1.82, 2.24) is 10.2 Å². The quantitative estimate of drug-likeness (QED) is 0.814. The van der Waals surface area contributed by atoms with Crippen LogP contribution in [0.1, 0.15) is 42.5 Å². The molecule has 0 aromatic heterocycles. The summed E-state index contributed by atoms with van der Waals surface area (Å²) in [6.07, 6.45) is 2.75. The van der Waals surface area contributed by atoms with E-state index in [0.29, 0.717) is 0 Å². The Hall–Kier alpha value is -2.21. The lowest BCUT2D eigenvalue weighted by Crippen LogP contribution is -2.42.